The van der Waals surface area contributed by atoms with Gasteiger partial charge in [0.15, 0.2) is 0 Å². The van der Waals surface area contributed by atoms with Gasteiger partial charge in [0.05, 0.1) is 0 Å². The summed E-state index contributed by atoms with van der Waals surface area (Å²) in [4.78, 5) is 20.4. The van der Waals surface area contributed by atoms with Crippen molar-refractivity contribution in [1.82, 2.24) is 20.4 Å². The maximum absolute atomic E-state index is 12.1. The van der Waals surface area contributed by atoms with E-state index in [2.05, 4.69) is 39.5 Å². The first kappa shape index (κ1) is 17.8. The summed E-state index contributed by atoms with van der Waals surface area (Å²) in [6.07, 6.45) is 5.07. The SMILES string of the molecule is CCC(CNC(=O)CCc1nc(-c2ccncc2)no1)c1ccccc1. The minimum absolute atomic E-state index is 0.0111. The number of rotatable bonds is 8. The van der Waals surface area contributed by atoms with Crippen molar-refractivity contribution in [2.75, 3.05) is 6.54 Å². The lowest BCUT2D eigenvalue weighted by Gasteiger charge is -2.16. The first-order valence-electron chi connectivity index (χ1n) is 8.81. The van der Waals surface area contributed by atoms with Crippen molar-refractivity contribution in [3.05, 3.63) is 66.3 Å². The first-order chi connectivity index (χ1) is 12.8. The Labute approximate surface area is 152 Å². The molecular weight excluding hydrogens is 328 g/mol. The van der Waals surface area contributed by atoms with Crippen molar-refractivity contribution >= 4 is 5.91 Å². The van der Waals surface area contributed by atoms with Gasteiger partial charge in [-0.2, -0.15) is 4.98 Å². The van der Waals surface area contributed by atoms with Gasteiger partial charge >= 0.3 is 0 Å². The van der Waals surface area contributed by atoms with E-state index in [1.165, 1.54) is 5.56 Å². The smallest absolute Gasteiger partial charge is 0.227 e. The Morgan fingerprint density at radius 2 is 1.92 bits per heavy atom. The van der Waals surface area contributed by atoms with E-state index < -0.39 is 0 Å². The lowest BCUT2D eigenvalue weighted by molar-refractivity contribution is -0.121. The highest BCUT2D eigenvalue weighted by Crippen LogP contribution is 2.18. The molecule has 1 N–H and O–H groups in total. The highest BCUT2D eigenvalue weighted by Gasteiger charge is 2.13. The molecule has 134 valence electrons. The third kappa shape index (κ3) is 4.75. The van der Waals surface area contributed by atoms with Crippen LogP contribution in [0.1, 0.15) is 37.1 Å². The second kappa shape index (κ2) is 8.89. The zero-order chi connectivity index (χ0) is 18.2. The standard InChI is InChI=1S/C20H22N4O2/c1-2-15(16-6-4-3-5-7-16)14-22-18(25)8-9-19-23-20(24-26-19)17-10-12-21-13-11-17/h3-7,10-13,15H,2,8-9,14H2,1H3,(H,22,25). The molecule has 0 aliphatic heterocycles. The van der Waals surface area contributed by atoms with Crippen LogP contribution in [-0.2, 0) is 11.2 Å². The minimum Gasteiger partial charge on any atom is -0.355 e. The molecule has 0 saturated heterocycles. The van der Waals surface area contributed by atoms with Crippen LogP contribution in [0.15, 0.2) is 59.4 Å². The van der Waals surface area contributed by atoms with Gasteiger partial charge in [0.1, 0.15) is 0 Å². The Morgan fingerprint density at radius 3 is 2.65 bits per heavy atom. The summed E-state index contributed by atoms with van der Waals surface area (Å²) in [5.74, 6) is 1.28. The van der Waals surface area contributed by atoms with Crippen LogP contribution in [0.4, 0.5) is 0 Å². The van der Waals surface area contributed by atoms with Gasteiger partial charge in [-0.3, -0.25) is 9.78 Å². The van der Waals surface area contributed by atoms with Crippen molar-refractivity contribution in [3.8, 4) is 11.4 Å². The summed E-state index contributed by atoms with van der Waals surface area (Å²) in [6, 6.07) is 13.9. The number of pyridine rings is 1. The van der Waals surface area contributed by atoms with Crippen LogP contribution in [0.25, 0.3) is 11.4 Å². The van der Waals surface area contributed by atoms with Gasteiger partial charge in [-0.15, -0.1) is 0 Å². The van der Waals surface area contributed by atoms with Gasteiger partial charge in [0.25, 0.3) is 0 Å². The Morgan fingerprint density at radius 1 is 1.15 bits per heavy atom. The van der Waals surface area contributed by atoms with E-state index in [1.807, 2.05) is 30.3 Å². The molecule has 0 spiro atoms. The van der Waals surface area contributed by atoms with Crippen LogP contribution in [0, 0.1) is 0 Å². The number of nitrogens with zero attached hydrogens (tertiary/aromatic N) is 3. The number of carbonyl (C=O) groups is 1. The summed E-state index contributed by atoms with van der Waals surface area (Å²) in [5, 5.41) is 6.95. The highest BCUT2D eigenvalue weighted by molar-refractivity contribution is 5.76. The predicted octanol–water partition coefficient (Wildman–Crippen LogP) is 3.37. The molecule has 0 saturated carbocycles. The number of nitrogens with one attached hydrogen (secondary N) is 1. The fraction of sp³-hybridized carbons (Fsp3) is 0.300. The molecule has 2 aromatic heterocycles. The molecule has 1 amide bonds. The van der Waals surface area contributed by atoms with E-state index >= 15 is 0 Å². The van der Waals surface area contributed by atoms with E-state index in [0.29, 0.717) is 37.0 Å². The van der Waals surface area contributed by atoms with Crippen molar-refractivity contribution < 1.29 is 9.32 Å². The number of aryl methyl sites for hydroxylation is 1. The van der Waals surface area contributed by atoms with Crippen LogP contribution in [0.2, 0.25) is 0 Å². The van der Waals surface area contributed by atoms with E-state index in [1.54, 1.807) is 12.4 Å². The molecule has 0 radical (unpaired) electrons. The van der Waals surface area contributed by atoms with Crippen LogP contribution in [0.5, 0.6) is 0 Å². The van der Waals surface area contributed by atoms with E-state index in [0.717, 1.165) is 12.0 Å². The molecule has 1 unspecified atom stereocenters. The Balaban J connectivity index is 1.48. The number of hydrogen-bond acceptors (Lipinski definition) is 5. The summed E-state index contributed by atoms with van der Waals surface area (Å²) in [7, 11) is 0. The Hall–Kier alpha value is -3.02. The first-order valence-corrected chi connectivity index (χ1v) is 8.81. The van der Waals surface area contributed by atoms with Crippen LogP contribution >= 0.6 is 0 Å². The quantitative estimate of drug-likeness (QED) is 0.673. The fourth-order valence-corrected chi connectivity index (χ4v) is 2.74. The monoisotopic (exact) mass is 350 g/mol. The Bertz CT molecular complexity index is 818. The second-order valence-corrected chi connectivity index (χ2v) is 6.07. The third-order valence-corrected chi connectivity index (χ3v) is 4.28. The van der Waals surface area contributed by atoms with Gasteiger partial charge in [-0.25, -0.2) is 0 Å². The molecule has 0 aliphatic carbocycles. The molecule has 6 nitrogen and oxygen atoms in total. The van der Waals surface area contributed by atoms with Gasteiger partial charge in [-0.05, 0) is 24.1 Å². The van der Waals surface area contributed by atoms with Crippen molar-refractivity contribution in [2.45, 2.75) is 32.1 Å². The van der Waals surface area contributed by atoms with Gasteiger partial charge in [-0.1, -0.05) is 42.4 Å². The molecule has 26 heavy (non-hydrogen) atoms. The fourth-order valence-electron chi connectivity index (χ4n) is 2.74. The summed E-state index contributed by atoms with van der Waals surface area (Å²) in [5.41, 5.74) is 2.09. The topological polar surface area (TPSA) is 80.9 Å². The Kier molecular flexibility index (Phi) is 6.09. The number of hydrogen-bond donors (Lipinski definition) is 1. The van der Waals surface area contributed by atoms with E-state index in [9.17, 15) is 4.79 Å². The molecule has 3 aromatic rings. The lowest BCUT2D eigenvalue weighted by atomic mass is 9.96. The minimum atomic E-state index is -0.0111. The van der Waals surface area contributed by atoms with E-state index in [4.69, 9.17) is 4.52 Å². The van der Waals surface area contributed by atoms with Gasteiger partial charge in [0.2, 0.25) is 17.6 Å². The summed E-state index contributed by atoms with van der Waals surface area (Å²) in [6.45, 7) is 2.76. The predicted molar refractivity (Wildman–Crippen MR) is 98.3 cm³/mol. The zero-order valence-corrected chi connectivity index (χ0v) is 14.8. The molecule has 2 heterocycles. The number of aromatic nitrogens is 3. The van der Waals surface area contributed by atoms with Gasteiger partial charge in [0, 0.05) is 43.3 Å². The van der Waals surface area contributed by atoms with Crippen LogP contribution in [-0.4, -0.2) is 27.6 Å². The summed E-state index contributed by atoms with van der Waals surface area (Å²) >= 11 is 0. The number of amides is 1. The van der Waals surface area contributed by atoms with Crippen LogP contribution < -0.4 is 5.32 Å². The van der Waals surface area contributed by atoms with Crippen molar-refractivity contribution in [2.24, 2.45) is 0 Å². The average molecular weight is 350 g/mol. The van der Waals surface area contributed by atoms with Crippen molar-refractivity contribution in [1.29, 1.82) is 0 Å². The number of benzene rings is 1. The van der Waals surface area contributed by atoms with E-state index in [-0.39, 0.29) is 5.91 Å². The highest BCUT2D eigenvalue weighted by atomic mass is 16.5. The van der Waals surface area contributed by atoms with Gasteiger partial charge < -0.3 is 9.84 Å². The molecule has 0 aliphatic rings. The number of carbonyl (C=O) groups excluding carboxylic acids is 1. The molecule has 0 fully saturated rings. The summed E-state index contributed by atoms with van der Waals surface area (Å²) < 4.78 is 5.22. The zero-order valence-electron chi connectivity index (χ0n) is 14.8. The largest absolute Gasteiger partial charge is 0.355 e. The maximum Gasteiger partial charge on any atom is 0.227 e. The molecule has 1 atom stereocenters. The third-order valence-electron chi connectivity index (χ3n) is 4.28. The second-order valence-electron chi connectivity index (χ2n) is 6.07. The maximum atomic E-state index is 12.1. The normalized spacial score (nSPS) is 11.9. The van der Waals surface area contributed by atoms with Crippen LogP contribution in [0.3, 0.4) is 0 Å². The molecule has 1 aromatic carbocycles. The lowest BCUT2D eigenvalue weighted by Crippen LogP contribution is -2.28. The molecular formula is C20H22N4O2. The molecule has 6 heteroatoms. The molecule has 0 bridgehead atoms. The van der Waals surface area contributed by atoms with Crippen molar-refractivity contribution in [3.63, 3.8) is 0 Å². The molecule has 3 rings (SSSR count). The average Bonchev–Trinajstić information content (AvgIpc) is 3.17.